The molecule has 22 heavy (non-hydrogen) atoms. The first-order valence-electron chi connectivity index (χ1n) is 7.25. The predicted molar refractivity (Wildman–Crippen MR) is 83.2 cm³/mol. The molecule has 3 rings (SSSR count). The van der Waals surface area contributed by atoms with Crippen molar-refractivity contribution >= 4 is 22.6 Å². The van der Waals surface area contributed by atoms with Crippen LogP contribution >= 0.6 is 0 Å². The minimum Gasteiger partial charge on any atom is -0.331 e. The first kappa shape index (κ1) is 14.2. The number of aryl methyl sites for hydroxylation is 1. The lowest BCUT2D eigenvalue weighted by Crippen LogP contribution is -2.24. The van der Waals surface area contributed by atoms with Crippen molar-refractivity contribution in [3.63, 3.8) is 0 Å². The molecular formula is C15H18N6O. The Morgan fingerprint density at radius 2 is 2.23 bits per heavy atom. The highest BCUT2D eigenvalue weighted by atomic mass is 16.1. The van der Waals surface area contributed by atoms with Crippen molar-refractivity contribution in [3.05, 3.63) is 37.2 Å². The van der Waals surface area contributed by atoms with Crippen LogP contribution in [-0.2, 0) is 17.9 Å². The van der Waals surface area contributed by atoms with E-state index in [1.54, 1.807) is 11.0 Å². The number of hydrogen-bond acceptors (Lipinski definition) is 4. The minimum absolute atomic E-state index is 0.0511. The Labute approximate surface area is 128 Å². The van der Waals surface area contributed by atoms with Gasteiger partial charge in [-0.15, -0.1) is 0 Å². The largest absolute Gasteiger partial charge is 0.331 e. The first-order valence-corrected chi connectivity index (χ1v) is 7.25. The summed E-state index contributed by atoms with van der Waals surface area (Å²) in [7, 11) is 0. The standard InChI is InChI=1S/C15H18N6O/c1-3-20-10-17-13-6-12(4-5-14(13)20)19-15(22)11(2)7-21-9-16-8-18-21/h4-6,8-11H,3,7H2,1-2H3,(H,19,22)/t11-/m0/s1. The van der Waals surface area contributed by atoms with Crippen molar-refractivity contribution in [3.8, 4) is 0 Å². The Kier molecular flexibility index (Phi) is 3.86. The second kappa shape index (κ2) is 5.97. The number of amides is 1. The quantitative estimate of drug-likeness (QED) is 0.780. The van der Waals surface area contributed by atoms with Gasteiger partial charge in [-0.1, -0.05) is 6.92 Å². The second-order valence-corrected chi connectivity index (χ2v) is 5.24. The molecule has 2 aromatic heterocycles. The van der Waals surface area contributed by atoms with Gasteiger partial charge in [-0.3, -0.25) is 9.48 Å². The third-order valence-corrected chi connectivity index (χ3v) is 3.60. The summed E-state index contributed by atoms with van der Waals surface area (Å²) in [5, 5.41) is 6.94. The molecule has 0 saturated heterocycles. The number of anilines is 1. The number of rotatable bonds is 5. The molecule has 1 amide bonds. The van der Waals surface area contributed by atoms with E-state index in [9.17, 15) is 4.79 Å². The topological polar surface area (TPSA) is 77.6 Å². The van der Waals surface area contributed by atoms with Crippen molar-refractivity contribution in [2.45, 2.75) is 26.9 Å². The maximum Gasteiger partial charge on any atom is 0.229 e. The molecule has 7 heteroatoms. The summed E-state index contributed by atoms with van der Waals surface area (Å²) in [5.41, 5.74) is 2.70. The molecule has 1 atom stereocenters. The van der Waals surface area contributed by atoms with E-state index >= 15 is 0 Å². The van der Waals surface area contributed by atoms with Gasteiger partial charge < -0.3 is 9.88 Å². The molecule has 0 radical (unpaired) electrons. The van der Waals surface area contributed by atoms with Gasteiger partial charge >= 0.3 is 0 Å². The van der Waals surface area contributed by atoms with Crippen molar-refractivity contribution in [1.82, 2.24) is 24.3 Å². The third-order valence-electron chi connectivity index (χ3n) is 3.60. The SMILES string of the molecule is CCn1cnc2cc(NC(=O)[C@@H](C)Cn3cncn3)ccc21. The summed E-state index contributed by atoms with van der Waals surface area (Å²) in [4.78, 5) is 20.5. The number of aromatic nitrogens is 5. The van der Waals surface area contributed by atoms with Gasteiger partial charge in [0.15, 0.2) is 0 Å². The van der Waals surface area contributed by atoms with E-state index in [0.717, 1.165) is 23.3 Å². The number of fused-ring (bicyclic) bond motifs is 1. The number of benzene rings is 1. The summed E-state index contributed by atoms with van der Waals surface area (Å²) < 4.78 is 3.71. The summed E-state index contributed by atoms with van der Waals surface area (Å²) in [6.07, 6.45) is 4.87. The summed E-state index contributed by atoms with van der Waals surface area (Å²) >= 11 is 0. The highest BCUT2D eigenvalue weighted by Crippen LogP contribution is 2.19. The molecule has 1 aromatic carbocycles. The molecule has 7 nitrogen and oxygen atoms in total. The van der Waals surface area contributed by atoms with E-state index in [4.69, 9.17) is 0 Å². The predicted octanol–water partition coefficient (Wildman–Crippen LogP) is 1.92. The molecule has 0 unspecified atom stereocenters. The maximum absolute atomic E-state index is 12.2. The van der Waals surface area contributed by atoms with Crippen LogP contribution in [0.2, 0.25) is 0 Å². The monoisotopic (exact) mass is 298 g/mol. The number of nitrogens with zero attached hydrogens (tertiary/aromatic N) is 5. The molecule has 0 aliphatic heterocycles. The van der Waals surface area contributed by atoms with Crippen LogP contribution in [-0.4, -0.2) is 30.2 Å². The summed E-state index contributed by atoms with van der Waals surface area (Å²) in [6, 6.07) is 5.77. The van der Waals surface area contributed by atoms with Gasteiger partial charge in [0.2, 0.25) is 5.91 Å². The molecular weight excluding hydrogens is 280 g/mol. The van der Waals surface area contributed by atoms with E-state index in [2.05, 4.69) is 31.9 Å². The lowest BCUT2D eigenvalue weighted by molar-refractivity contribution is -0.119. The van der Waals surface area contributed by atoms with Gasteiger partial charge in [0.25, 0.3) is 0 Å². The van der Waals surface area contributed by atoms with E-state index < -0.39 is 0 Å². The molecule has 0 fully saturated rings. The zero-order valence-electron chi connectivity index (χ0n) is 12.6. The normalized spacial score (nSPS) is 12.5. The van der Waals surface area contributed by atoms with Crippen molar-refractivity contribution in [2.75, 3.05) is 5.32 Å². The van der Waals surface area contributed by atoms with Gasteiger partial charge in [0, 0.05) is 12.2 Å². The van der Waals surface area contributed by atoms with E-state index in [1.165, 1.54) is 6.33 Å². The Morgan fingerprint density at radius 1 is 1.36 bits per heavy atom. The molecule has 0 spiro atoms. The molecule has 0 bridgehead atoms. The van der Waals surface area contributed by atoms with Crippen LogP contribution in [0.5, 0.6) is 0 Å². The van der Waals surface area contributed by atoms with Gasteiger partial charge in [-0.05, 0) is 25.1 Å². The smallest absolute Gasteiger partial charge is 0.229 e. The van der Waals surface area contributed by atoms with E-state index in [0.29, 0.717) is 6.54 Å². The van der Waals surface area contributed by atoms with E-state index in [1.807, 2.05) is 31.5 Å². The van der Waals surface area contributed by atoms with Crippen molar-refractivity contribution < 1.29 is 4.79 Å². The molecule has 3 aromatic rings. The fraction of sp³-hybridized carbons (Fsp3) is 0.333. The average Bonchev–Trinajstić information content (AvgIpc) is 3.15. The van der Waals surface area contributed by atoms with Crippen molar-refractivity contribution in [2.24, 2.45) is 5.92 Å². The number of nitrogens with one attached hydrogen (secondary N) is 1. The molecule has 2 heterocycles. The Hall–Kier alpha value is -2.70. The Balaban J connectivity index is 1.70. The van der Waals surface area contributed by atoms with Crippen LogP contribution < -0.4 is 5.32 Å². The lowest BCUT2D eigenvalue weighted by atomic mass is 10.1. The van der Waals surface area contributed by atoms with Crippen LogP contribution in [0.15, 0.2) is 37.2 Å². The fourth-order valence-electron chi connectivity index (χ4n) is 2.35. The molecule has 114 valence electrons. The van der Waals surface area contributed by atoms with Crippen LogP contribution in [0.25, 0.3) is 11.0 Å². The number of hydrogen-bond donors (Lipinski definition) is 1. The van der Waals surface area contributed by atoms with Gasteiger partial charge in [0.05, 0.1) is 29.8 Å². The molecule has 0 aliphatic rings. The Bertz CT molecular complexity index is 777. The third kappa shape index (κ3) is 2.83. The van der Waals surface area contributed by atoms with Crippen LogP contribution in [0.3, 0.4) is 0 Å². The molecule has 1 N–H and O–H groups in total. The summed E-state index contributed by atoms with van der Waals surface area (Å²) in [6.45, 7) is 5.31. The summed E-state index contributed by atoms with van der Waals surface area (Å²) in [5.74, 6) is -0.254. The first-order chi connectivity index (χ1) is 10.7. The molecule has 0 aliphatic carbocycles. The zero-order valence-corrected chi connectivity index (χ0v) is 12.6. The van der Waals surface area contributed by atoms with Gasteiger partial charge in [-0.2, -0.15) is 5.10 Å². The highest BCUT2D eigenvalue weighted by Gasteiger charge is 2.14. The van der Waals surface area contributed by atoms with Crippen molar-refractivity contribution in [1.29, 1.82) is 0 Å². The lowest BCUT2D eigenvalue weighted by Gasteiger charge is -2.12. The second-order valence-electron chi connectivity index (χ2n) is 5.24. The number of imidazole rings is 1. The zero-order chi connectivity index (χ0) is 15.5. The van der Waals surface area contributed by atoms with E-state index in [-0.39, 0.29) is 11.8 Å². The number of carbonyl (C=O) groups is 1. The maximum atomic E-state index is 12.2. The van der Waals surface area contributed by atoms with Crippen LogP contribution in [0, 0.1) is 5.92 Å². The number of carbonyl (C=O) groups excluding carboxylic acids is 1. The molecule has 0 saturated carbocycles. The van der Waals surface area contributed by atoms with Gasteiger partial charge in [-0.25, -0.2) is 9.97 Å². The fourth-order valence-corrected chi connectivity index (χ4v) is 2.35. The Morgan fingerprint density at radius 3 is 2.95 bits per heavy atom. The highest BCUT2D eigenvalue weighted by molar-refractivity contribution is 5.94. The van der Waals surface area contributed by atoms with Gasteiger partial charge in [0.1, 0.15) is 12.7 Å². The average molecular weight is 298 g/mol. The minimum atomic E-state index is -0.203. The van der Waals surface area contributed by atoms with Crippen LogP contribution in [0.4, 0.5) is 5.69 Å². The van der Waals surface area contributed by atoms with Crippen LogP contribution in [0.1, 0.15) is 13.8 Å².